The van der Waals surface area contributed by atoms with E-state index >= 15 is 0 Å². The number of aryl methyl sites for hydroxylation is 1. The lowest BCUT2D eigenvalue weighted by Gasteiger charge is -2.04. The van der Waals surface area contributed by atoms with Gasteiger partial charge in [0.15, 0.2) is 5.69 Å². The van der Waals surface area contributed by atoms with Crippen molar-refractivity contribution in [2.75, 3.05) is 0 Å². The fourth-order valence-electron chi connectivity index (χ4n) is 2.52. The number of hydrogen-bond donors (Lipinski definition) is 3. The summed E-state index contributed by atoms with van der Waals surface area (Å²) < 4.78 is 33.7. The number of hydrogen-bond acceptors (Lipinski definition) is 6. The summed E-state index contributed by atoms with van der Waals surface area (Å²) in [7, 11) is -4.76. The Kier molecular flexibility index (Phi) is 4.94. The maximum atomic E-state index is 12.6. The summed E-state index contributed by atoms with van der Waals surface area (Å²) in [6, 6.07) is 11.9. The minimum absolute atomic E-state index is 0.134. The van der Waals surface area contributed by atoms with Gasteiger partial charge in [-0.2, -0.15) is 8.42 Å². The van der Waals surface area contributed by atoms with E-state index in [0.717, 1.165) is 18.2 Å². The molecule has 3 N–H and O–H groups in total. The van der Waals surface area contributed by atoms with E-state index in [0.29, 0.717) is 11.4 Å². The van der Waals surface area contributed by atoms with Crippen LogP contribution in [0.25, 0.3) is 5.69 Å². The number of aromatic carboxylic acids is 1. The molecule has 0 saturated carbocycles. The van der Waals surface area contributed by atoms with Crippen LogP contribution >= 0.6 is 0 Å². The number of carbonyl (C=O) groups is 1. The van der Waals surface area contributed by atoms with Crippen LogP contribution in [-0.2, 0) is 10.1 Å². The summed E-state index contributed by atoms with van der Waals surface area (Å²) in [5.74, 6) is -1.47. The van der Waals surface area contributed by atoms with Crippen LogP contribution in [0.4, 0.5) is 11.4 Å². The number of benzene rings is 2. The van der Waals surface area contributed by atoms with Gasteiger partial charge in [-0.15, -0.1) is 10.2 Å². The Morgan fingerprint density at radius 1 is 1.04 bits per heavy atom. The van der Waals surface area contributed by atoms with E-state index in [9.17, 15) is 27.7 Å². The van der Waals surface area contributed by atoms with Crippen LogP contribution in [0.3, 0.4) is 0 Å². The largest absolute Gasteiger partial charge is 0.478 e. The molecule has 0 atom stereocenters. The molecule has 0 radical (unpaired) electrons. The second-order valence-corrected chi connectivity index (χ2v) is 7.08. The number of carboxylic acid groups (broad SMARTS) is 1. The van der Waals surface area contributed by atoms with Gasteiger partial charge in [-0.05, 0) is 31.2 Å². The van der Waals surface area contributed by atoms with E-state index in [-0.39, 0.29) is 5.69 Å². The quantitative estimate of drug-likeness (QED) is 0.440. The van der Waals surface area contributed by atoms with Crippen LogP contribution in [0.2, 0.25) is 0 Å². The molecule has 10 nitrogen and oxygen atoms in total. The third-order valence-corrected chi connectivity index (χ3v) is 4.70. The highest BCUT2D eigenvalue weighted by atomic mass is 32.2. The molecular weight excluding hydrogens is 388 g/mol. The summed E-state index contributed by atoms with van der Waals surface area (Å²) >= 11 is 0. The molecule has 2 aromatic carbocycles. The monoisotopic (exact) mass is 402 g/mol. The van der Waals surface area contributed by atoms with Crippen LogP contribution in [-0.4, -0.2) is 33.8 Å². The number of para-hydroxylation sites is 1. The Balaban J connectivity index is 2.15. The van der Waals surface area contributed by atoms with Crippen LogP contribution in [0.1, 0.15) is 16.1 Å². The minimum Gasteiger partial charge on any atom is -0.478 e. The summed E-state index contributed by atoms with van der Waals surface area (Å²) in [6.45, 7) is 1.56. The lowest BCUT2D eigenvalue weighted by atomic mass is 10.2. The second-order valence-electron chi connectivity index (χ2n) is 5.69. The Bertz CT molecular complexity index is 1240. The number of carboxylic acids is 1. The predicted octanol–water partition coefficient (Wildman–Crippen LogP) is 2.83. The summed E-state index contributed by atoms with van der Waals surface area (Å²) in [5.41, 5.74) is -0.890. The highest BCUT2D eigenvalue weighted by Crippen LogP contribution is 2.30. The molecule has 3 aromatic rings. The van der Waals surface area contributed by atoms with Crippen molar-refractivity contribution in [2.45, 2.75) is 11.8 Å². The first kappa shape index (κ1) is 19.2. The average molecular weight is 402 g/mol. The van der Waals surface area contributed by atoms with Crippen LogP contribution in [0.15, 0.2) is 68.4 Å². The van der Waals surface area contributed by atoms with Crippen molar-refractivity contribution in [3.8, 4) is 5.69 Å². The first-order valence-electron chi connectivity index (χ1n) is 7.82. The van der Waals surface area contributed by atoms with Crippen molar-refractivity contribution in [3.63, 3.8) is 0 Å². The summed E-state index contributed by atoms with van der Waals surface area (Å²) in [5, 5.41) is 19.5. The van der Waals surface area contributed by atoms with Gasteiger partial charge in [0.2, 0.25) is 0 Å². The molecule has 0 aliphatic rings. The van der Waals surface area contributed by atoms with Crippen molar-refractivity contribution in [1.29, 1.82) is 0 Å². The molecule has 0 spiro atoms. The highest BCUT2D eigenvalue weighted by molar-refractivity contribution is 7.86. The molecule has 0 bridgehead atoms. The first-order chi connectivity index (χ1) is 13.2. The number of H-pyrrole nitrogens is 1. The van der Waals surface area contributed by atoms with Gasteiger partial charge in [0.05, 0.1) is 16.9 Å². The number of rotatable bonds is 5. The molecule has 28 heavy (non-hydrogen) atoms. The summed E-state index contributed by atoms with van der Waals surface area (Å²) in [4.78, 5) is 23.3. The van der Waals surface area contributed by atoms with E-state index in [1.54, 1.807) is 37.3 Å². The number of aromatic amines is 1. The van der Waals surface area contributed by atoms with Gasteiger partial charge < -0.3 is 5.11 Å². The van der Waals surface area contributed by atoms with Crippen LogP contribution < -0.4 is 5.56 Å². The number of aromatic nitrogens is 2. The smallest absolute Gasteiger partial charge is 0.338 e. The molecular formula is C17H14N4O6S. The topological polar surface area (TPSA) is 154 Å². The standard InChI is InChI=1S/C17H14N4O6S/c1-10-14(16(22)21(20-10)11-6-3-2-4-7-11)18-19-15-12(17(23)24)8-5-9-13(15)28(25,26)27/h2-9,20H,1H3,(H,23,24)(H,25,26,27). The summed E-state index contributed by atoms with van der Waals surface area (Å²) in [6.07, 6.45) is 0. The zero-order chi connectivity index (χ0) is 20.5. The number of azo groups is 1. The maximum Gasteiger partial charge on any atom is 0.338 e. The first-order valence-corrected chi connectivity index (χ1v) is 9.26. The van der Waals surface area contributed by atoms with Crippen molar-refractivity contribution in [1.82, 2.24) is 9.78 Å². The lowest BCUT2D eigenvalue weighted by Crippen LogP contribution is -2.13. The molecule has 0 saturated heterocycles. The Labute approximate surface area is 158 Å². The molecule has 1 heterocycles. The van der Waals surface area contributed by atoms with Crippen LogP contribution in [0.5, 0.6) is 0 Å². The third kappa shape index (κ3) is 3.61. The van der Waals surface area contributed by atoms with Gasteiger partial charge in [-0.25, -0.2) is 9.48 Å². The average Bonchev–Trinajstić information content (AvgIpc) is 2.93. The fourth-order valence-corrected chi connectivity index (χ4v) is 3.17. The Hall–Kier alpha value is -3.57. The van der Waals surface area contributed by atoms with Gasteiger partial charge in [0.1, 0.15) is 10.6 Å². The molecule has 0 unspecified atom stereocenters. The molecule has 0 fully saturated rings. The molecule has 1 aromatic heterocycles. The molecule has 0 amide bonds. The minimum atomic E-state index is -4.76. The molecule has 0 aliphatic carbocycles. The number of nitrogens with one attached hydrogen (secondary N) is 1. The molecule has 11 heteroatoms. The number of nitrogens with zero attached hydrogens (tertiary/aromatic N) is 3. The van der Waals surface area contributed by atoms with Crippen LogP contribution in [0, 0.1) is 6.92 Å². The van der Waals surface area contributed by atoms with Gasteiger partial charge >= 0.3 is 5.97 Å². The van der Waals surface area contributed by atoms with Gasteiger partial charge in [0, 0.05) is 0 Å². The Morgan fingerprint density at radius 2 is 1.68 bits per heavy atom. The van der Waals surface area contributed by atoms with Crippen molar-refractivity contribution >= 4 is 27.5 Å². The van der Waals surface area contributed by atoms with E-state index in [2.05, 4.69) is 15.3 Å². The van der Waals surface area contributed by atoms with Gasteiger partial charge in [-0.3, -0.25) is 14.4 Å². The van der Waals surface area contributed by atoms with Crippen molar-refractivity contribution in [2.24, 2.45) is 10.2 Å². The van der Waals surface area contributed by atoms with E-state index in [1.165, 1.54) is 4.68 Å². The van der Waals surface area contributed by atoms with E-state index in [4.69, 9.17) is 0 Å². The second kappa shape index (κ2) is 7.21. The normalized spacial score (nSPS) is 11.8. The predicted molar refractivity (Wildman–Crippen MR) is 98.5 cm³/mol. The fraction of sp³-hybridized carbons (Fsp3) is 0.0588. The lowest BCUT2D eigenvalue weighted by molar-refractivity contribution is 0.0697. The van der Waals surface area contributed by atoms with Crippen molar-refractivity contribution in [3.05, 3.63) is 70.1 Å². The zero-order valence-electron chi connectivity index (χ0n) is 14.4. The zero-order valence-corrected chi connectivity index (χ0v) is 15.2. The maximum absolute atomic E-state index is 12.6. The SMILES string of the molecule is Cc1[nH]n(-c2ccccc2)c(=O)c1N=Nc1c(C(=O)O)cccc1S(=O)(=O)O. The molecule has 0 aliphatic heterocycles. The van der Waals surface area contributed by atoms with Crippen molar-refractivity contribution < 1.29 is 22.9 Å². The third-order valence-electron chi connectivity index (χ3n) is 3.81. The highest BCUT2D eigenvalue weighted by Gasteiger charge is 2.22. The molecule has 3 rings (SSSR count). The molecule has 144 valence electrons. The van der Waals surface area contributed by atoms with Gasteiger partial charge in [0.25, 0.3) is 15.7 Å². The van der Waals surface area contributed by atoms with E-state index in [1.807, 2.05) is 0 Å². The Morgan fingerprint density at radius 3 is 2.29 bits per heavy atom. The van der Waals surface area contributed by atoms with E-state index < -0.39 is 37.8 Å². The van der Waals surface area contributed by atoms with Gasteiger partial charge in [-0.1, -0.05) is 24.3 Å².